The number of amides is 1. The highest BCUT2D eigenvalue weighted by molar-refractivity contribution is 9.10. The molecule has 0 N–H and O–H groups in total. The fraction of sp³-hybridized carbons (Fsp3) is 0.476. The number of fused-ring (bicyclic) bond motifs is 1. The van der Waals surface area contributed by atoms with Crippen molar-refractivity contribution in [1.82, 2.24) is 24.5 Å². The molecule has 1 fully saturated rings. The Balaban J connectivity index is 1.60. The number of aromatic nitrogens is 4. The predicted molar refractivity (Wildman–Crippen MR) is 116 cm³/mol. The summed E-state index contributed by atoms with van der Waals surface area (Å²) in [6, 6.07) is 6.50. The SMILES string of the molecule is Cn1cc(-c2nn(C3CCN(C(=O)OC(C)(C)C)CC3)c3ccc(Br)cc23)cn1. The Morgan fingerprint density at radius 1 is 1.24 bits per heavy atom. The number of benzene rings is 1. The number of aryl methyl sites for hydroxylation is 1. The van der Waals surface area contributed by atoms with E-state index in [1.54, 1.807) is 9.58 Å². The summed E-state index contributed by atoms with van der Waals surface area (Å²) in [6.45, 7) is 7.02. The second-order valence-corrected chi connectivity index (χ2v) is 9.47. The van der Waals surface area contributed by atoms with Gasteiger partial charge in [0.05, 0.1) is 17.8 Å². The first-order chi connectivity index (χ1) is 13.7. The van der Waals surface area contributed by atoms with E-state index in [4.69, 9.17) is 9.84 Å². The quantitative estimate of drug-likeness (QED) is 0.553. The minimum absolute atomic E-state index is 0.235. The van der Waals surface area contributed by atoms with Gasteiger partial charge < -0.3 is 9.64 Å². The summed E-state index contributed by atoms with van der Waals surface area (Å²) < 4.78 is 10.4. The van der Waals surface area contributed by atoms with Crippen LogP contribution < -0.4 is 0 Å². The molecule has 0 atom stereocenters. The molecule has 1 amide bonds. The third kappa shape index (κ3) is 4.17. The number of carbonyl (C=O) groups excluding carboxylic acids is 1. The summed E-state index contributed by atoms with van der Waals surface area (Å²) in [7, 11) is 1.91. The molecule has 7 nitrogen and oxygen atoms in total. The van der Waals surface area contributed by atoms with E-state index in [1.807, 2.05) is 46.3 Å². The van der Waals surface area contributed by atoms with Crippen molar-refractivity contribution in [2.45, 2.75) is 45.3 Å². The van der Waals surface area contributed by atoms with Crippen LogP contribution in [0.5, 0.6) is 0 Å². The summed E-state index contributed by atoms with van der Waals surface area (Å²) in [5.41, 5.74) is 2.56. The van der Waals surface area contributed by atoms with E-state index in [9.17, 15) is 4.79 Å². The molecule has 0 spiro atoms. The molecule has 29 heavy (non-hydrogen) atoms. The Kier molecular flexibility index (Phi) is 5.14. The first kappa shape index (κ1) is 19.9. The first-order valence-corrected chi connectivity index (χ1v) is 10.7. The third-order valence-electron chi connectivity index (χ3n) is 5.11. The Labute approximate surface area is 178 Å². The van der Waals surface area contributed by atoms with Gasteiger partial charge in [0.1, 0.15) is 11.3 Å². The number of hydrogen-bond donors (Lipinski definition) is 0. The van der Waals surface area contributed by atoms with Gasteiger partial charge in [-0.2, -0.15) is 10.2 Å². The van der Waals surface area contributed by atoms with Crippen LogP contribution in [0.4, 0.5) is 4.79 Å². The maximum atomic E-state index is 12.4. The highest BCUT2D eigenvalue weighted by Crippen LogP contribution is 2.34. The molecule has 0 bridgehead atoms. The number of rotatable bonds is 2. The smallest absolute Gasteiger partial charge is 0.410 e. The Hall–Kier alpha value is -2.35. The summed E-state index contributed by atoms with van der Waals surface area (Å²) in [5, 5.41) is 10.4. The molecule has 0 aliphatic carbocycles. The van der Waals surface area contributed by atoms with Crippen LogP contribution in [0, 0.1) is 0 Å². The fourth-order valence-electron chi connectivity index (χ4n) is 3.77. The second kappa shape index (κ2) is 7.48. The molecule has 1 saturated heterocycles. The van der Waals surface area contributed by atoms with Gasteiger partial charge in [-0.05, 0) is 51.8 Å². The van der Waals surface area contributed by atoms with E-state index < -0.39 is 5.60 Å². The predicted octanol–water partition coefficient (Wildman–Crippen LogP) is 4.77. The van der Waals surface area contributed by atoms with Gasteiger partial charge >= 0.3 is 6.09 Å². The fourth-order valence-corrected chi connectivity index (χ4v) is 4.13. The lowest BCUT2D eigenvalue weighted by atomic mass is 10.1. The lowest BCUT2D eigenvalue weighted by molar-refractivity contribution is 0.0186. The van der Waals surface area contributed by atoms with E-state index in [1.165, 1.54) is 0 Å². The van der Waals surface area contributed by atoms with Gasteiger partial charge in [-0.3, -0.25) is 9.36 Å². The van der Waals surface area contributed by atoms with Crippen molar-refractivity contribution in [3.05, 3.63) is 35.1 Å². The van der Waals surface area contributed by atoms with Gasteiger partial charge in [0, 0.05) is 41.8 Å². The van der Waals surface area contributed by atoms with Crippen molar-refractivity contribution in [3.63, 3.8) is 0 Å². The number of nitrogens with zero attached hydrogens (tertiary/aromatic N) is 5. The first-order valence-electron chi connectivity index (χ1n) is 9.86. The van der Waals surface area contributed by atoms with Crippen LogP contribution in [-0.4, -0.2) is 49.2 Å². The van der Waals surface area contributed by atoms with Crippen molar-refractivity contribution in [3.8, 4) is 11.3 Å². The number of hydrogen-bond acceptors (Lipinski definition) is 4. The van der Waals surface area contributed by atoms with Crippen LogP contribution in [0.3, 0.4) is 0 Å². The number of likely N-dealkylation sites (tertiary alicyclic amines) is 1. The summed E-state index contributed by atoms with van der Waals surface area (Å²) in [6.07, 6.45) is 5.29. The Bertz CT molecular complexity index is 1040. The van der Waals surface area contributed by atoms with E-state index in [0.717, 1.165) is 39.5 Å². The summed E-state index contributed by atoms with van der Waals surface area (Å²) >= 11 is 3.58. The Morgan fingerprint density at radius 2 is 1.97 bits per heavy atom. The molecule has 8 heteroatoms. The molecule has 0 radical (unpaired) electrons. The lowest BCUT2D eigenvalue weighted by Gasteiger charge is -2.33. The van der Waals surface area contributed by atoms with Crippen LogP contribution in [0.15, 0.2) is 35.1 Å². The van der Waals surface area contributed by atoms with E-state index in [2.05, 4.69) is 37.8 Å². The highest BCUT2D eigenvalue weighted by Gasteiger charge is 2.29. The van der Waals surface area contributed by atoms with Crippen LogP contribution in [-0.2, 0) is 11.8 Å². The second-order valence-electron chi connectivity index (χ2n) is 8.56. The zero-order valence-corrected chi connectivity index (χ0v) is 18.8. The lowest BCUT2D eigenvalue weighted by Crippen LogP contribution is -2.42. The highest BCUT2D eigenvalue weighted by atomic mass is 79.9. The molecular formula is C21H26BrN5O2. The van der Waals surface area contributed by atoms with Gasteiger partial charge in [0.25, 0.3) is 0 Å². The minimum atomic E-state index is -0.474. The van der Waals surface area contributed by atoms with Gasteiger partial charge in [0.15, 0.2) is 0 Å². The van der Waals surface area contributed by atoms with Crippen molar-refractivity contribution in [1.29, 1.82) is 0 Å². The molecule has 1 aliphatic rings. The Morgan fingerprint density at radius 3 is 2.59 bits per heavy atom. The number of carbonyl (C=O) groups is 1. The van der Waals surface area contributed by atoms with E-state index >= 15 is 0 Å². The molecule has 1 aliphatic heterocycles. The topological polar surface area (TPSA) is 65.2 Å². The van der Waals surface area contributed by atoms with E-state index in [-0.39, 0.29) is 12.1 Å². The van der Waals surface area contributed by atoms with Gasteiger partial charge in [-0.25, -0.2) is 4.79 Å². The van der Waals surface area contributed by atoms with Gasteiger partial charge in [-0.15, -0.1) is 0 Å². The zero-order chi connectivity index (χ0) is 20.8. The molecule has 3 aromatic rings. The summed E-state index contributed by atoms with van der Waals surface area (Å²) in [5.74, 6) is 0. The van der Waals surface area contributed by atoms with Crippen molar-refractivity contribution in [2.75, 3.05) is 13.1 Å². The van der Waals surface area contributed by atoms with Crippen LogP contribution in [0.2, 0.25) is 0 Å². The molecule has 154 valence electrons. The van der Waals surface area contributed by atoms with Crippen molar-refractivity contribution in [2.24, 2.45) is 7.05 Å². The molecule has 2 aromatic heterocycles. The molecular weight excluding hydrogens is 434 g/mol. The largest absolute Gasteiger partial charge is 0.444 e. The van der Waals surface area contributed by atoms with Crippen LogP contribution in [0.25, 0.3) is 22.2 Å². The maximum Gasteiger partial charge on any atom is 0.410 e. The van der Waals surface area contributed by atoms with Crippen molar-refractivity contribution >= 4 is 32.9 Å². The molecule has 1 aromatic carbocycles. The monoisotopic (exact) mass is 459 g/mol. The number of halogens is 1. The minimum Gasteiger partial charge on any atom is -0.444 e. The van der Waals surface area contributed by atoms with Crippen molar-refractivity contribution < 1.29 is 9.53 Å². The molecule has 0 unspecified atom stereocenters. The standard InChI is InChI=1S/C21H26BrN5O2/c1-21(2,3)29-20(28)26-9-7-16(8-10-26)27-18-6-5-15(22)11-17(18)19(24-27)14-12-23-25(4)13-14/h5-6,11-13,16H,7-10H2,1-4H3. The number of ether oxygens (including phenoxy) is 1. The third-order valence-corrected chi connectivity index (χ3v) is 5.60. The number of piperidine rings is 1. The van der Waals surface area contributed by atoms with Crippen LogP contribution in [0.1, 0.15) is 39.7 Å². The molecule has 3 heterocycles. The van der Waals surface area contributed by atoms with E-state index in [0.29, 0.717) is 13.1 Å². The van der Waals surface area contributed by atoms with Gasteiger partial charge in [-0.1, -0.05) is 15.9 Å². The molecule has 0 saturated carbocycles. The average molecular weight is 460 g/mol. The zero-order valence-electron chi connectivity index (χ0n) is 17.2. The summed E-state index contributed by atoms with van der Waals surface area (Å²) in [4.78, 5) is 14.2. The normalized spacial score (nSPS) is 15.8. The molecule has 4 rings (SSSR count). The van der Waals surface area contributed by atoms with Gasteiger partial charge in [0.2, 0.25) is 0 Å². The average Bonchev–Trinajstić information content (AvgIpc) is 3.23. The van der Waals surface area contributed by atoms with Crippen LogP contribution >= 0.6 is 15.9 Å². The maximum absolute atomic E-state index is 12.4.